The fourth-order valence-corrected chi connectivity index (χ4v) is 4.15. The summed E-state index contributed by atoms with van der Waals surface area (Å²) in [6, 6.07) is 10.8. The van der Waals surface area contributed by atoms with Crippen molar-refractivity contribution in [2.75, 3.05) is 24.4 Å². The number of benzene rings is 2. The lowest BCUT2D eigenvalue weighted by atomic mass is 10.0. The van der Waals surface area contributed by atoms with Gasteiger partial charge >= 0.3 is 0 Å². The Labute approximate surface area is 207 Å². The number of carbonyl (C=O) groups excluding carboxylic acids is 1. The third-order valence-electron chi connectivity index (χ3n) is 5.82. The number of carbonyl (C=O) groups is 1. The molecule has 0 atom stereocenters. The van der Waals surface area contributed by atoms with Crippen LogP contribution in [-0.2, 0) is 0 Å². The van der Waals surface area contributed by atoms with Crippen LogP contribution in [0.2, 0.25) is 0 Å². The SMILES string of the molecule is CC(F)(F)CNC(=O)c1cn2ncnc(N)c2c1-c1ccc(Nc2nc3cc4c(cc3[nH]2)OCO4)cc1. The second kappa shape index (κ2) is 8.33. The van der Waals surface area contributed by atoms with Gasteiger partial charge in [0.2, 0.25) is 12.7 Å². The highest BCUT2D eigenvalue weighted by Gasteiger charge is 2.26. The maximum absolute atomic E-state index is 13.4. The maximum Gasteiger partial charge on any atom is 0.262 e. The zero-order valence-corrected chi connectivity index (χ0v) is 19.4. The van der Waals surface area contributed by atoms with E-state index in [9.17, 15) is 13.6 Å². The lowest BCUT2D eigenvalue weighted by Gasteiger charge is -2.12. The minimum Gasteiger partial charge on any atom is -0.454 e. The molecule has 6 rings (SSSR count). The number of H-pyrrole nitrogens is 1. The molecule has 0 bridgehead atoms. The van der Waals surface area contributed by atoms with E-state index >= 15 is 0 Å². The number of hydrogen-bond donors (Lipinski definition) is 4. The molecule has 1 amide bonds. The number of rotatable bonds is 6. The van der Waals surface area contributed by atoms with Crippen LogP contribution in [0.3, 0.4) is 0 Å². The number of aromatic amines is 1. The summed E-state index contributed by atoms with van der Waals surface area (Å²) in [5.41, 5.74) is 9.90. The van der Waals surface area contributed by atoms with Crippen molar-refractivity contribution in [2.24, 2.45) is 0 Å². The minimum absolute atomic E-state index is 0.145. The molecule has 5 N–H and O–H groups in total. The van der Waals surface area contributed by atoms with Crippen LogP contribution < -0.4 is 25.8 Å². The molecule has 0 spiro atoms. The van der Waals surface area contributed by atoms with Crippen LogP contribution in [0.1, 0.15) is 17.3 Å². The van der Waals surface area contributed by atoms with Gasteiger partial charge in [-0.05, 0) is 17.7 Å². The molecule has 0 unspecified atom stereocenters. The minimum atomic E-state index is -3.06. The van der Waals surface area contributed by atoms with Crippen molar-refractivity contribution in [1.29, 1.82) is 0 Å². The molecule has 188 valence electrons. The Morgan fingerprint density at radius 1 is 1.22 bits per heavy atom. The standard InChI is InChI=1S/C24H20F2N8O3/c1-24(25,26)9-28-22(35)14-8-34-20(21(27)29-10-30-34)19(14)12-2-4-13(5-3-12)31-23-32-15-6-17-18(37-11-36-17)7-16(15)33-23/h2-8,10H,9,11H2,1H3,(H,28,35)(H2,27,29,30)(H2,31,32,33). The van der Waals surface area contributed by atoms with Crippen molar-refractivity contribution in [3.05, 3.63) is 54.5 Å². The molecule has 13 heteroatoms. The Kier molecular flexibility index (Phi) is 5.07. The first kappa shape index (κ1) is 22.5. The summed E-state index contributed by atoms with van der Waals surface area (Å²) < 4.78 is 38.9. The summed E-state index contributed by atoms with van der Waals surface area (Å²) in [5, 5.41) is 9.58. The summed E-state index contributed by atoms with van der Waals surface area (Å²) in [6.07, 6.45) is 2.69. The largest absolute Gasteiger partial charge is 0.454 e. The average Bonchev–Trinajstić information content (AvgIpc) is 3.57. The number of nitrogens with two attached hydrogens (primary N) is 1. The summed E-state index contributed by atoms with van der Waals surface area (Å²) >= 11 is 0. The number of imidazole rings is 1. The van der Waals surface area contributed by atoms with Gasteiger partial charge in [0.05, 0.1) is 23.1 Å². The first-order valence-electron chi connectivity index (χ1n) is 11.2. The van der Waals surface area contributed by atoms with Crippen LogP contribution in [0.4, 0.5) is 26.2 Å². The van der Waals surface area contributed by atoms with Gasteiger partial charge in [-0.3, -0.25) is 4.79 Å². The lowest BCUT2D eigenvalue weighted by molar-refractivity contribution is 0.0221. The molecule has 0 aliphatic carbocycles. The van der Waals surface area contributed by atoms with Gasteiger partial charge in [-0.15, -0.1) is 0 Å². The summed E-state index contributed by atoms with van der Waals surface area (Å²) in [4.78, 5) is 24.6. The van der Waals surface area contributed by atoms with Crippen molar-refractivity contribution in [3.8, 4) is 22.6 Å². The average molecular weight is 506 g/mol. The number of fused-ring (bicyclic) bond motifs is 3. The van der Waals surface area contributed by atoms with Crippen LogP contribution in [-0.4, -0.2) is 49.7 Å². The number of aromatic nitrogens is 5. The smallest absolute Gasteiger partial charge is 0.262 e. The van der Waals surface area contributed by atoms with Crippen LogP contribution in [0.25, 0.3) is 27.7 Å². The number of ether oxygens (including phenoxy) is 2. The van der Waals surface area contributed by atoms with Gasteiger partial charge in [0, 0.05) is 36.5 Å². The number of amides is 1. The fourth-order valence-electron chi connectivity index (χ4n) is 4.15. The highest BCUT2D eigenvalue weighted by atomic mass is 19.3. The zero-order chi connectivity index (χ0) is 25.7. The quantitative estimate of drug-likeness (QED) is 0.273. The third kappa shape index (κ3) is 4.20. The number of alkyl halides is 2. The Morgan fingerprint density at radius 3 is 2.73 bits per heavy atom. The molecule has 0 fully saturated rings. The highest BCUT2D eigenvalue weighted by molar-refractivity contribution is 6.07. The molecule has 4 heterocycles. The summed E-state index contributed by atoms with van der Waals surface area (Å²) in [7, 11) is 0. The number of halogens is 2. The van der Waals surface area contributed by atoms with E-state index in [2.05, 4.69) is 30.7 Å². The molecule has 2 aromatic carbocycles. The van der Waals surface area contributed by atoms with Gasteiger partial charge in [0.15, 0.2) is 17.3 Å². The summed E-state index contributed by atoms with van der Waals surface area (Å²) in [6.45, 7) is 0.110. The number of nitrogens with zero attached hydrogens (tertiary/aromatic N) is 4. The molecule has 5 aromatic rings. The van der Waals surface area contributed by atoms with Crippen molar-refractivity contribution in [2.45, 2.75) is 12.8 Å². The van der Waals surface area contributed by atoms with Crippen molar-refractivity contribution in [3.63, 3.8) is 0 Å². The summed E-state index contributed by atoms with van der Waals surface area (Å²) in [5.74, 6) is -1.78. The van der Waals surface area contributed by atoms with Crippen molar-refractivity contribution < 1.29 is 23.0 Å². The zero-order valence-electron chi connectivity index (χ0n) is 19.4. The maximum atomic E-state index is 13.4. The molecule has 0 saturated heterocycles. The van der Waals surface area contributed by atoms with Gasteiger partial charge in [0.1, 0.15) is 11.8 Å². The molecule has 3 aromatic heterocycles. The van der Waals surface area contributed by atoms with E-state index in [0.717, 1.165) is 12.4 Å². The monoisotopic (exact) mass is 506 g/mol. The number of nitrogens with one attached hydrogen (secondary N) is 3. The molecule has 0 radical (unpaired) electrons. The number of hydrogen-bond acceptors (Lipinski definition) is 8. The number of nitrogen functional groups attached to an aromatic ring is 1. The lowest BCUT2D eigenvalue weighted by Crippen LogP contribution is -2.34. The van der Waals surface area contributed by atoms with E-state index in [1.807, 2.05) is 6.07 Å². The molecular formula is C24H20F2N8O3. The van der Waals surface area contributed by atoms with Crippen molar-refractivity contribution in [1.82, 2.24) is 29.9 Å². The van der Waals surface area contributed by atoms with Crippen molar-refractivity contribution >= 4 is 39.9 Å². The van der Waals surface area contributed by atoms with Crippen LogP contribution >= 0.6 is 0 Å². The van der Waals surface area contributed by atoms with E-state index < -0.39 is 18.4 Å². The van der Waals surface area contributed by atoms with Crippen LogP contribution in [0, 0.1) is 0 Å². The van der Waals surface area contributed by atoms with E-state index in [1.54, 1.807) is 30.3 Å². The van der Waals surface area contributed by atoms with Crippen LogP contribution in [0.15, 0.2) is 48.9 Å². The second-order valence-electron chi connectivity index (χ2n) is 8.62. The predicted molar refractivity (Wildman–Crippen MR) is 131 cm³/mol. The predicted octanol–water partition coefficient (Wildman–Crippen LogP) is 3.71. The Hall–Kier alpha value is -4.94. The number of anilines is 3. The Morgan fingerprint density at radius 2 is 1.97 bits per heavy atom. The van der Waals surface area contributed by atoms with Gasteiger partial charge < -0.3 is 30.8 Å². The second-order valence-corrected chi connectivity index (χ2v) is 8.62. The molecule has 37 heavy (non-hydrogen) atoms. The first-order chi connectivity index (χ1) is 17.7. The molecule has 0 saturated carbocycles. The first-order valence-corrected chi connectivity index (χ1v) is 11.2. The van der Waals surface area contributed by atoms with Gasteiger partial charge in [-0.2, -0.15) is 5.10 Å². The molecule has 1 aliphatic heterocycles. The van der Waals surface area contributed by atoms with Gasteiger partial charge in [-0.1, -0.05) is 12.1 Å². The molecule has 11 nitrogen and oxygen atoms in total. The fraction of sp³-hybridized carbons (Fsp3) is 0.167. The topological polar surface area (TPSA) is 144 Å². The molecular weight excluding hydrogens is 486 g/mol. The molecule has 1 aliphatic rings. The third-order valence-corrected chi connectivity index (χ3v) is 5.82. The van der Waals surface area contributed by atoms with E-state index in [0.29, 0.717) is 45.3 Å². The normalized spacial score (nSPS) is 12.8. The van der Waals surface area contributed by atoms with Gasteiger partial charge in [0.25, 0.3) is 11.8 Å². The van der Waals surface area contributed by atoms with E-state index in [4.69, 9.17) is 15.2 Å². The Bertz CT molecular complexity index is 1620. The van der Waals surface area contributed by atoms with Gasteiger partial charge in [-0.25, -0.2) is 23.3 Å². The highest BCUT2D eigenvalue weighted by Crippen LogP contribution is 2.36. The van der Waals surface area contributed by atoms with Crippen LogP contribution in [0.5, 0.6) is 11.5 Å². The van der Waals surface area contributed by atoms with E-state index in [-0.39, 0.29) is 18.2 Å². The van der Waals surface area contributed by atoms with E-state index in [1.165, 1.54) is 17.0 Å². The Balaban J connectivity index is 1.31.